The van der Waals surface area contributed by atoms with E-state index >= 15 is 0 Å². The Labute approximate surface area is 109 Å². The van der Waals surface area contributed by atoms with E-state index in [-0.39, 0.29) is 11.5 Å². The lowest BCUT2D eigenvalue weighted by molar-refractivity contribution is 0.0772. The molecule has 0 unspecified atom stereocenters. The van der Waals surface area contributed by atoms with Gasteiger partial charge in [0.15, 0.2) is 0 Å². The van der Waals surface area contributed by atoms with Gasteiger partial charge in [0, 0.05) is 17.6 Å². The molecule has 0 atom stereocenters. The molecular formula is C13H15BrFNO. The molecule has 4 heteroatoms. The third kappa shape index (κ3) is 3.40. The average molecular weight is 300 g/mol. The minimum absolute atomic E-state index is 0.0793. The molecule has 1 aromatic rings. The van der Waals surface area contributed by atoms with Crippen LogP contribution in [0.1, 0.15) is 24.2 Å². The lowest BCUT2D eigenvalue weighted by atomic mass is 10.1. The molecule has 0 N–H and O–H groups in total. The number of carbonyl (C=O) groups is 1. The SMILES string of the molecule is C=C(C)CN(CC)C(=O)c1c(F)cccc1Br. The highest BCUT2D eigenvalue weighted by Crippen LogP contribution is 2.21. The van der Waals surface area contributed by atoms with E-state index in [1.807, 2.05) is 13.8 Å². The highest BCUT2D eigenvalue weighted by molar-refractivity contribution is 9.10. The maximum absolute atomic E-state index is 13.6. The predicted octanol–water partition coefficient (Wildman–Crippen LogP) is 3.63. The van der Waals surface area contributed by atoms with Crippen molar-refractivity contribution in [2.24, 2.45) is 0 Å². The molecule has 0 aromatic heterocycles. The number of amides is 1. The first kappa shape index (κ1) is 13.9. The van der Waals surface area contributed by atoms with Gasteiger partial charge in [0.25, 0.3) is 5.91 Å². The van der Waals surface area contributed by atoms with E-state index in [2.05, 4.69) is 22.5 Å². The monoisotopic (exact) mass is 299 g/mol. The summed E-state index contributed by atoms with van der Waals surface area (Å²) in [6.07, 6.45) is 0. The van der Waals surface area contributed by atoms with Gasteiger partial charge in [-0.05, 0) is 41.9 Å². The molecule has 0 heterocycles. The van der Waals surface area contributed by atoms with Crippen LogP contribution in [0.2, 0.25) is 0 Å². The van der Waals surface area contributed by atoms with Gasteiger partial charge in [-0.3, -0.25) is 4.79 Å². The molecule has 1 rings (SSSR count). The van der Waals surface area contributed by atoms with E-state index < -0.39 is 5.82 Å². The molecule has 0 saturated heterocycles. The number of benzene rings is 1. The maximum atomic E-state index is 13.6. The van der Waals surface area contributed by atoms with Gasteiger partial charge in [-0.25, -0.2) is 4.39 Å². The zero-order valence-electron chi connectivity index (χ0n) is 9.96. The third-order valence-electron chi connectivity index (χ3n) is 2.31. The Bertz CT molecular complexity index is 425. The molecule has 0 aliphatic carbocycles. The Balaban J connectivity index is 3.06. The van der Waals surface area contributed by atoms with Crippen molar-refractivity contribution in [2.45, 2.75) is 13.8 Å². The van der Waals surface area contributed by atoms with Crippen LogP contribution in [0.4, 0.5) is 4.39 Å². The van der Waals surface area contributed by atoms with Crippen LogP contribution in [-0.4, -0.2) is 23.9 Å². The van der Waals surface area contributed by atoms with Crippen LogP contribution in [0.25, 0.3) is 0 Å². The average Bonchev–Trinajstić information content (AvgIpc) is 2.25. The summed E-state index contributed by atoms with van der Waals surface area (Å²) in [5.41, 5.74) is 0.947. The lowest BCUT2D eigenvalue weighted by Crippen LogP contribution is -2.33. The number of likely N-dealkylation sites (N-methyl/N-ethyl adjacent to an activating group) is 1. The quantitative estimate of drug-likeness (QED) is 0.778. The van der Waals surface area contributed by atoms with E-state index in [1.54, 1.807) is 17.0 Å². The van der Waals surface area contributed by atoms with Crippen molar-refractivity contribution in [3.05, 3.63) is 46.2 Å². The zero-order chi connectivity index (χ0) is 13.0. The number of rotatable bonds is 4. The van der Waals surface area contributed by atoms with Crippen LogP contribution < -0.4 is 0 Å². The normalized spacial score (nSPS) is 10.1. The number of carbonyl (C=O) groups excluding carboxylic acids is 1. The Kier molecular flexibility index (Phi) is 4.87. The Hall–Kier alpha value is -1.16. The highest BCUT2D eigenvalue weighted by Gasteiger charge is 2.20. The second-order valence-electron chi connectivity index (χ2n) is 3.87. The van der Waals surface area contributed by atoms with Gasteiger partial charge in [0.1, 0.15) is 5.82 Å². The van der Waals surface area contributed by atoms with Gasteiger partial charge >= 0.3 is 0 Å². The summed E-state index contributed by atoms with van der Waals surface area (Å²) in [5.74, 6) is -0.829. The maximum Gasteiger partial charge on any atom is 0.258 e. The molecule has 0 bridgehead atoms. The van der Waals surface area contributed by atoms with Crippen LogP contribution in [0.5, 0.6) is 0 Å². The molecule has 0 saturated carbocycles. The van der Waals surface area contributed by atoms with Crippen molar-refractivity contribution >= 4 is 21.8 Å². The molecule has 1 aromatic carbocycles. The van der Waals surface area contributed by atoms with Crippen LogP contribution >= 0.6 is 15.9 Å². The topological polar surface area (TPSA) is 20.3 Å². The van der Waals surface area contributed by atoms with Gasteiger partial charge in [-0.2, -0.15) is 0 Å². The second kappa shape index (κ2) is 5.96. The van der Waals surface area contributed by atoms with Crippen LogP contribution in [0.15, 0.2) is 34.8 Å². The second-order valence-corrected chi connectivity index (χ2v) is 4.73. The summed E-state index contributed by atoms with van der Waals surface area (Å²) in [5, 5.41) is 0. The summed E-state index contributed by atoms with van der Waals surface area (Å²) in [6, 6.07) is 4.50. The molecule has 1 amide bonds. The minimum Gasteiger partial charge on any atom is -0.335 e. The smallest absolute Gasteiger partial charge is 0.258 e. The van der Waals surface area contributed by atoms with Gasteiger partial charge in [-0.15, -0.1) is 0 Å². The molecule has 0 radical (unpaired) electrons. The predicted molar refractivity (Wildman–Crippen MR) is 70.5 cm³/mol. The molecular weight excluding hydrogens is 285 g/mol. The van der Waals surface area contributed by atoms with E-state index in [0.717, 1.165) is 5.57 Å². The van der Waals surface area contributed by atoms with Crippen molar-refractivity contribution in [3.8, 4) is 0 Å². The molecule has 0 aliphatic rings. The number of halogens is 2. The van der Waals surface area contributed by atoms with Crippen LogP contribution in [0.3, 0.4) is 0 Å². The lowest BCUT2D eigenvalue weighted by Gasteiger charge is -2.21. The molecule has 0 spiro atoms. The zero-order valence-corrected chi connectivity index (χ0v) is 11.6. The number of nitrogens with zero attached hydrogens (tertiary/aromatic N) is 1. The number of hydrogen-bond acceptors (Lipinski definition) is 1. The summed E-state index contributed by atoms with van der Waals surface area (Å²) < 4.78 is 14.1. The van der Waals surface area contributed by atoms with E-state index in [9.17, 15) is 9.18 Å². The minimum atomic E-state index is -0.510. The van der Waals surface area contributed by atoms with Crippen molar-refractivity contribution < 1.29 is 9.18 Å². The molecule has 0 fully saturated rings. The molecule has 17 heavy (non-hydrogen) atoms. The first-order valence-electron chi connectivity index (χ1n) is 5.35. The van der Waals surface area contributed by atoms with Gasteiger partial charge in [0.05, 0.1) is 5.56 Å². The van der Waals surface area contributed by atoms with E-state index in [4.69, 9.17) is 0 Å². The highest BCUT2D eigenvalue weighted by atomic mass is 79.9. The summed E-state index contributed by atoms with van der Waals surface area (Å²) in [7, 11) is 0. The standard InChI is InChI=1S/C13H15BrFNO/c1-4-16(8-9(2)3)13(17)12-10(14)6-5-7-11(12)15/h5-7H,2,4,8H2,1,3H3. The van der Waals surface area contributed by atoms with Crippen LogP contribution in [0, 0.1) is 5.82 Å². The van der Waals surface area contributed by atoms with Crippen molar-refractivity contribution in [1.82, 2.24) is 4.90 Å². The first-order valence-corrected chi connectivity index (χ1v) is 6.14. The number of hydrogen-bond donors (Lipinski definition) is 0. The Morgan fingerprint density at radius 1 is 1.53 bits per heavy atom. The fourth-order valence-electron chi connectivity index (χ4n) is 1.51. The Morgan fingerprint density at radius 2 is 2.18 bits per heavy atom. The van der Waals surface area contributed by atoms with Gasteiger partial charge in [-0.1, -0.05) is 18.2 Å². The van der Waals surface area contributed by atoms with Crippen molar-refractivity contribution in [3.63, 3.8) is 0 Å². The van der Waals surface area contributed by atoms with Crippen molar-refractivity contribution in [1.29, 1.82) is 0 Å². The first-order chi connectivity index (χ1) is 7.97. The summed E-state index contributed by atoms with van der Waals surface area (Å²) in [6.45, 7) is 8.42. The largest absolute Gasteiger partial charge is 0.335 e. The molecule has 92 valence electrons. The summed E-state index contributed by atoms with van der Waals surface area (Å²) >= 11 is 3.20. The fourth-order valence-corrected chi connectivity index (χ4v) is 2.02. The van der Waals surface area contributed by atoms with E-state index in [0.29, 0.717) is 17.6 Å². The molecule has 2 nitrogen and oxygen atoms in total. The van der Waals surface area contributed by atoms with Crippen molar-refractivity contribution in [2.75, 3.05) is 13.1 Å². The fraction of sp³-hybridized carbons (Fsp3) is 0.308. The Morgan fingerprint density at radius 3 is 2.65 bits per heavy atom. The van der Waals surface area contributed by atoms with Gasteiger partial charge < -0.3 is 4.90 Å². The molecule has 0 aliphatic heterocycles. The van der Waals surface area contributed by atoms with E-state index in [1.165, 1.54) is 6.07 Å². The summed E-state index contributed by atoms with van der Waals surface area (Å²) in [4.78, 5) is 13.7. The third-order valence-corrected chi connectivity index (χ3v) is 2.97. The van der Waals surface area contributed by atoms with Gasteiger partial charge in [0.2, 0.25) is 0 Å². The van der Waals surface area contributed by atoms with Crippen LogP contribution in [-0.2, 0) is 0 Å².